The molecule has 3 rings (SSSR count). The molecule has 2 amide bonds. The summed E-state index contributed by atoms with van der Waals surface area (Å²) in [5, 5.41) is 2.45. The van der Waals surface area contributed by atoms with E-state index in [1.54, 1.807) is 4.90 Å². The maximum atomic E-state index is 13.1. The second-order valence-electron chi connectivity index (χ2n) is 9.44. The van der Waals surface area contributed by atoms with Gasteiger partial charge in [-0.15, -0.1) is 0 Å². The third-order valence-corrected chi connectivity index (χ3v) is 5.60. The molecule has 35 heavy (non-hydrogen) atoms. The first kappa shape index (κ1) is 26.0. The van der Waals surface area contributed by atoms with E-state index in [1.807, 2.05) is 45.9 Å². The Labute approximate surface area is 205 Å². The number of hydrogen-bond acceptors (Lipinski definition) is 6. The fraction of sp³-hybridized carbons (Fsp3) is 0.462. The van der Waals surface area contributed by atoms with Gasteiger partial charge in [0.2, 0.25) is 0 Å². The van der Waals surface area contributed by atoms with Gasteiger partial charge < -0.3 is 19.4 Å². The first-order valence-corrected chi connectivity index (χ1v) is 11.8. The van der Waals surface area contributed by atoms with Crippen LogP contribution in [0.25, 0.3) is 0 Å². The number of nitrogens with one attached hydrogen (secondary N) is 1. The Hall–Kier alpha value is -3.62. The van der Waals surface area contributed by atoms with Gasteiger partial charge in [0.25, 0.3) is 11.5 Å². The van der Waals surface area contributed by atoms with Crippen molar-refractivity contribution in [2.45, 2.75) is 59.1 Å². The monoisotopic (exact) mass is 483 g/mol. The zero-order valence-corrected chi connectivity index (χ0v) is 21.0. The predicted molar refractivity (Wildman–Crippen MR) is 132 cm³/mol. The summed E-state index contributed by atoms with van der Waals surface area (Å²) in [6.45, 7) is 8.28. The summed E-state index contributed by atoms with van der Waals surface area (Å²) in [5.41, 5.74) is 1.31. The molecular weight excluding hydrogens is 450 g/mol. The predicted octanol–water partition coefficient (Wildman–Crippen LogP) is 3.51. The maximum absolute atomic E-state index is 13.1. The van der Waals surface area contributed by atoms with Crippen LogP contribution >= 0.6 is 0 Å². The molecule has 0 saturated heterocycles. The van der Waals surface area contributed by atoms with Crippen LogP contribution in [0.15, 0.2) is 35.3 Å². The molecule has 1 aromatic carbocycles. The van der Waals surface area contributed by atoms with Crippen molar-refractivity contribution in [3.63, 3.8) is 0 Å². The number of pyridine rings is 1. The molecular formula is C26H33N3O6. The Bertz CT molecular complexity index is 1180. The zero-order chi connectivity index (χ0) is 25.8. The standard InChI is InChI=1S/C26H33N3O6/c1-6-7-13-34-24(32)18-14-20(22(30)27-5)23(31)28(16-18)15-17-9-8-10-21-19(17)11-12-29(21)25(33)35-26(2,3)4/h8-10,14,16H,6-7,11-13,15H2,1-5H3,(H,27,30). The van der Waals surface area contributed by atoms with Crippen LogP contribution < -0.4 is 15.8 Å². The van der Waals surface area contributed by atoms with Gasteiger partial charge in [-0.3, -0.25) is 14.5 Å². The number of carbonyl (C=O) groups is 3. The Morgan fingerprint density at radius 1 is 1.17 bits per heavy atom. The number of fused-ring (bicyclic) bond motifs is 1. The number of anilines is 1. The molecule has 0 atom stereocenters. The molecule has 0 unspecified atom stereocenters. The second-order valence-corrected chi connectivity index (χ2v) is 9.44. The third-order valence-electron chi connectivity index (χ3n) is 5.60. The number of nitrogens with zero attached hydrogens (tertiary/aromatic N) is 2. The molecule has 0 saturated carbocycles. The molecule has 1 N–H and O–H groups in total. The lowest BCUT2D eigenvalue weighted by molar-refractivity contribution is 0.0497. The molecule has 188 valence electrons. The van der Waals surface area contributed by atoms with Gasteiger partial charge in [-0.05, 0) is 56.9 Å². The molecule has 0 spiro atoms. The van der Waals surface area contributed by atoms with Crippen LogP contribution in [0.5, 0.6) is 0 Å². The highest BCUT2D eigenvalue weighted by molar-refractivity contribution is 5.97. The van der Waals surface area contributed by atoms with Crippen molar-refractivity contribution < 1.29 is 23.9 Å². The van der Waals surface area contributed by atoms with Gasteiger partial charge in [0.15, 0.2) is 0 Å². The van der Waals surface area contributed by atoms with E-state index in [0.717, 1.165) is 29.7 Å². The van der Waals surface area contributed by atoms with Crippen LogP contribution in [0, 0.1) is 0 Å². The number of aromatic nitrogens is 1. The van der Waals surface area contributed by atoms with Gasteiger partial charge in [-0.1, -0.05) is 25.5 Å². The van der Waals surface area contributed by atoms with Crippen LogP contribution in [0.4, 0.5) is 10.5 Å². The van der Waals surface area contributed by atoms with Crippen molar-refractivity contribution in [3.05, 3.63) is 63.1 Å². The summed E-state index contributed by atoms with van der Waals surface area (Å²) in [6, 6.07) is 6.79. The number of esters is 1. The van der Waals surface area contributed by atoms with E-state index >= 15 is 0 Å². The number of amides is 2. The first-order chi connectivity index (χ1) is 16.6. The van der Waals surface area contributed by atoms with E-state index in [4.69, 9.17) is 9.47 Å². The van der Waals surface area contributed by atoms with Crippen LogP contribution in [0.2, 0.25) is 0 Å². The van der Waals surface area contributed by atoms with E-state index in [2.05, 4.69) is 5.32 Å². The summed E-state index contributed by atoms with van der Waals surface area (Å²) < 4.78 is 12.2. The fourth-order valence-electron chi connectivity index (χ4n) is 3.90. The third kappa shape index (κ3) is 6.09. The molecule has 1 aliphatic heterocycles. The zero-order valence-electron chi connectivity index (χ0n) is 21.0. The van der Waals surface area contributed by atoms with Crippen molar-refractivity contribution >= 4 is 23.7 Å². The smallest absolute Gasteiger partial charge is 0.414 e. The normalized spacial score (nSPS) is 12.8. The molecule has 2 aromatic rings. The quantitative estimate of drug-likeness (QED) is 0.477. The lowest BCUT2D eigenvalue weighted by atomic mass is 10.0. The first-order valence-electron chi connectivity index (χ1n) is 11.8. The number of carbonyl (C=O) groups excluding carboxylic acids is 3. The van der Waals surface area contributed by atoms with Crippen LogP contribution in [0.3, 0.4) is 0 Å². The Kier molecular flexibility index (Phi) is 7.99. The van der Waals surface area contributed by atoms with Gasteiger partial charge >= 0.3 is 12.1 Å². The van der Waals surface area contributed by atoms with Crippen molar-refractivity contribution in [3.8, 4) is 0 Å². The molecule has 9 nitrogen and oxygen atoms in total. The van der Waals surface area contributed by atoms with Gasteiger partial charge in [0.05, 0.1) is 24.4 Å². The SMILES string of the molecule is CCCCOC(=O)c1cc(C(=O)NC)c(=O)n(Cc2cccc3c2CCN3C(=O)OC(C)(C)C)c1. The fourth-order valence-corrected chi connectivity index (χ4v) is 3.90. The molecule has 0 fully saturated rings. The van der Waals surface area contributed by atoms with Gasteiger partial charge in [0, 0.05) is 19.8 Å². The van der Waals surface area contributed by atoms with Crippen LogP contribution in [0.1, 0.15) is 72.4 Å². The van der Waals surface area contributed by atoms with Crippen molar-refractivity contribution in [2.75, 3.05) is 25.1 Å². The number of rotatable bonds is 7. The number of ether oxygens (including phenoxy) is 2. The van der Waals surface area contributed by atoms with E-state index in [-0.39, 0.29) is 24.3 Å². The largest absolute Gasteiger partial charge is 0.462 e. The van der Waals surface area contributed by atoms with E-state index in [0.29, 0.717) is 13.0 Å². The number of benzene rings is 1. The molecule has 1 aromatic heterocycles. The Balaban J connectivity index is 1.96. The van der Waals surface area contributed by atoms with Gasteiger partial charge in [-0.25, -0.2) is 9.59 Å². The average molecular weight is 484 g/mol. The molecule has 9 heteroatoms. The highest BCUT2D eigenvalue weighted by Crippen LogP contribution is 2.32. The molecule has 1 aliphatic rings. The van der Waals surface area contributed by atoms with Crippen molar-refractivity contribution in [1.82, 2.24) is 9.88 Å². The summed E-state index contributed by atoms with van der Waals surface area (Å²) >= 11 is 0. The summed E-state index contributed by atoms with van der Waals surface area (Å²) in [7, 11) is 1.42. The van der Waals surface area contributed by atoms with Crippen molar-refractivity contribution in [2.24, 2.45) is 0 Å². The van der Waals surface area contributed by atoms with E-state index in [1.165, 1.54) is 23.9 Å². The van der Waals surface area contributed by atoms with Crippen LogP contribution in [-0.4, -0.2) is 48.3 Å². The van der Waals surface area contributed by atoms with E-state index in [9.17, 15) is 19.2 Å². The Morgan fingerprint density at radius 2 is 1.91 bits per heavy atom. The summed E-state index contributed by atoms with van der Waals surface area (Å²) in [5.74, 6) is -1.17. The minimum atomic E-state index is -0.618. The number of unbranched alkanes of at least 4 members (excludes halogenated alkanes) is 1. The Morgan fingerprint density at radius 3 is 2.57 bits per heavy atom. The average Bonchev–Trinajstić information content (AvgIpc) is 3.24. The minimum Gasteiger partial charge on any atom is -0.462 e. The second kappa shape index (κ2) is 10.8. The molecule has 0 aliphatic carbocycles. The highest BCUT2D eigenvalue weighted by Gasteiger charge is 2.30. The topological polar surface area (TPSA) is 107 Å². The molecule has 0 bridgehead atoms. The summed E-state index contributed by atoms with van der Waals surface area (Å²) in [4.78, 5) is 52.3. The summed E-state index contributed by atoms with van der Waals surface area (Å²) in [6.07, 6.45) is 3.18. The van der Waals surface area contributed by atoms with Crippen LogP contribution in [-0.2, 0) is 22.4 Å². The van der Waals surface area contributed by atoms with E-state index < -0.39 is 29.1 Å². The van der Waals surface area contributed by atoms with Crippen molar-refractivity contribution in [1.29, 1.82) is 0 Å². The lowest BCUT2D eigenvalue weighted by Crippen LogP contribution is -2.35. The molecule has 2 heterocycles. The lowest BCUT2D eigenvalue weighted by Gasteiger charge is -2.25. The number of hydrogen-bond donors (Lipinski definition) is 1. The maximum Gasteiger partial charge on any atom is 0.414 e. The van der Waals surface area contributed by atoms with Gasteiger partial charge in [0.1, 0.15) is 11.2 Å². The minimum absolute atomic E-state index is 0.127. The highest BCUT2D eigenvalue weighted by atomic mass is 16.6. The molecule has 0 radical (unpaired) electrons. The van der Waals surface area contributed by atoms with Gasteiger partial charge in [-0.2, -0.15) is 0 Å².